The molecular formula is C9H15N2. The van der Waals surface area contributed by atoms with Crippen molar-refractivity contribution in [1.29, 1.82) is 0 Å². The Morgan fingerprint density at radius 3 is 2.73 bits per heavy atom. The van der Waals surface area contributed by atoms with Crippen LogP contribution in [-0.2, 0) is 13.0 Å². The second kappa shape index (κ2) is 3.56. The van der Waals surface area contributed by atoms with Gasteiger partial charge in [-0.15, -0.1) is 0 Å². The van der Waals surface area contributed by atoms with Crippen molar-refractivity contribution in [3.05, 3.63) is 17.5 Å². The van der Waals surface area contributed by atoms with Crippen LogP contribution in [0.4, 0.5) is 0 Å². The SMILES string of the molecule is CCCc1c(C)[c]nn1CC. The van der Waals surface area contributed by atoms with E-state index < -0.39 is 0 Å². The molecule has 0 aromatic carbocycles. The van der Waals surface area contributed by atoms with Crippen LogP contribution >= 0.6 is 0 Å². The first-order chi connectivity index (χ1) is 5.29. The zero-order chi connectivity index (χ0) is 8.27. The van der Waals surface area contributed by atoms with Crippen molar-refractivity contribution >= 4 is 0 Å². The quantitative estimate of drug-likeness (QED) is 0.645. The van der Waals surface area contributed by atoms with Gasteiger partial charge in [0, 0.05) is 12.2 Å². The maximum Gasteiger partial charge on any atom is 0.116 e. The molecule has 0 N–H and O–H groups in total. The molecule has 0 bridgehead atoms. The average Bonchev–Trinajstić information content (AvgIpc) is 2.34. The minimum Gasteiger partial charge on any atom is -0.269 e. The summed E-state index contributed by atoms with van der Waals surface area (Å²) in [5, 5.41) is 4.14. The normalized spacial score (nSPS) is 10.5. The maximum atomic E-state index is 4.14. The summed E-state index contributed by atoms with van der Waals surface area (Å²) in [6, 6.07) is 0. The smallest absolute Gasteiger partial charge is 0.116 e. The molecule has 0 unspecified atom stereocenters. The van der Waals surface area contributed by atoms with Gasteiger partial charge >= 0.3 is 0 Å². The van der Waals surface area contributed by atoms with Crippen LogP contribution in [0.1, 0.15) is 31.5 Å². The summed E-state index contributed by atoms with van der Waals surface area (Å²) in [4.78, 5) is 0. The second-order valence-electron chi connectivity index (χ2n) is 2.75. The monoisotopic (exact) mass is 151 g/mol. The van der Waals surface area contributed by atoms with Gasteiger partial charge in [0.15, 0.2) is 0 Å². The van der Waals surface area contributed by atoms with Gasteiger partial charge in [-0.2, -0.15) is 5.10 Å². The summed E-state index contributed by atoms with van der Waals surface area (Å²) in [5.41, 5.74) is 2.55. The van der Waals surface area contributed by atoms with E-state index in [9.17, 15) is 0 Å². The zero-order valence-electron chi connectivity index (χ0n) is 7.52. The van der Waals surface area contributed by atoms with Crippen LogP contribution in [0.3, 0.4) is 0 Å². The molecule has 0 atom stereocenters. The van der Waals surface area contributed by atoms with E-state index in [0.29, 0.717) is 0 Å². The molecule has 11 heavy (non-hydrogen) atoms. The highest BCUT2D eigenvalue weighted by Gasteiger charge is 2.03. The van der Waals surface area contributed by atoms with Gasteiger partial charge in [-0.3, -0.25) is 4.68 Å². The van der Waals surface area contributed by atoms with Crippen molar-refractivity contribution in [2.45, 2.75) is 40.2 Å². The first kappa shape index (κ1) is 8.31. The van der Waals surface area contributed by atoms with E-state index in [1.165, 1.54) is 17.7 Å². The van der Waals surface area contributed by atoms with Gasteiger partial charge in [0.2, 0.25) is 0 Å². The third-order valence-electron chi connectivity index (χ3n) is 1.87. The molecule has 2 heteroatoms. The second-order valence-corrected chi connectivity index (χ2v) is 2.75. The predicted octanol–water partition coefficient (Wildman–Crippen LogP) is 1.96. The topological polar surface area (TPSA) is 17.8 Å². The molecule has 0 spiro atoms. The van der Waals surface area contributed by atoms with Crippen molar-refractivity contribution < 1.29 is 0 Å². The Morgan fingerprint density at radius 1 is 1.45 bits per heavy atom. The number of hydrogen-bond donors (Lipinski definition) is 0. The highest BCUT2D eigenvalue weighted by atomic mass is 15.3. The van der Waals surface area contributed by atoms with Gasteiger partial charge in [-0.25, -0.2) is 0 Å². The van der Waals surface area contributed by atoms with Crippen LogP contribution in [0.15, 0.2) is 0 Å². The summed E-state index contributed by atoms with van der Waals surface area (Å²) in [6.45, 7) is 7.33. The van der Waals surface area contributed by atoms with E-state index in [-0.39, 0.29) is 0 Å². The third-order valence-corrected chi connectivity index (χ3v) is 1.87. The lowest BCUT2D eigenvalue weighted by Crippen LogP contribution is -2.02. The Kier molecular flexibility index (Phi) is 2.69. The molecule has 0 saturated carbocycles. The van der Waals surface area contributed by atoms with Gasteiger partial charge in [0.25, 0.3) is 0 Å². The third kappa shape index (κ3) is 1.62. The molecule has 0 amide bonds. The van der Waals surface area contributed by atoms with Crippen molar-refractivity contribution in [2.75, 3.05) is 0 Å². The van der Waals surface area contributed by atoms with Gasteiger partial charge in [-0.1, -0.05) is 13.3 Å². The van der Waals surface area contributed by atoms with Crippen LogP contribution in [0, 0.1) is 13.1 Å². The van der Waals surface area contributed by atoms with Gasteiger partial charge in [-0.05, 0) is 25.8 Å². The molecule has 2 nitrogen and oxygen atoms in total. The minimum atomic E-state index is 0.958. The summed E-state index contributed by atoms with van der Waals surface area (Å²) >= 11 is 0. The first-order valence-corrected chi connectivity index (χ1v) is 4.23. The maximum absolute atomic E-state index is 4.14. The highest BCUT2D eigenvalue weighted by Crippen LogP contribution is 2.08. The molecule has 0 fully saturated rings. The molecule has 1 aromatic rings. The Morgan fingerprint density at radius 2 is 2.18 bits per heavy atom. The Hall–Kier alpha value is -0.790. The van der Waals surface area contributed by atoms with Crippen molar-refractivity contribution in [3.8, 4) is 0 Å². The molecule has 1 rings (SSSR count). The molecule has 0 aliphatic carbocycles. The van der Waals surface area contributed by atoms with Gasteiger partial charge in [0.05, 0.1) is 0 Å². The number of hydrogen-bond acceptors (Lipinski definition) is 1. The lowest BCUT2D eigenvalue weighted by molar-refractivity contribution is 0.614. The first-order valence-electron chi connectivity index (χ1n) is 4.23. The molecule has 1 aromatic heterocycles. The molecule has 1 radical (unpaired) electrons. The summed E-state index contributed by atoms with van der Waals surface area (Å²) in [5.74, 6) is 0. The Labute approximate surface area is 68.2 Å². The van der Waals surface area contributed by atoms with E-state index in [4.69, 9.17) is 0 Å². The van der Waals surface area contributed by atoms with Crippen molar-refractivity contribution in [1.82, 2.24) is 9.78 Å². The highest BCUT2D eigenvalue weighted by molar-refractivity contribution is 5.14. The number of rotatable bonds is 3. The van der Waals surface area contributed by atoms with Crippen molar-refractivity contribution in [2.24, 2.45) is 0 Å². The predicted molar refractivity (Wildman–Crippen MR) is 45.5 cm³/mol. The zero-order valence-corrected chi connectivity index (χ0v) is 7.52. The lowest BCUT2D eigenvalue weighted by Gasteiger charge is -2.03. The average molecular weight is 151 g/mol. The number of aryl methyl sites for hydroxylation is 2. The molecule has 0 aliphatic rings. The fourth-order valence-electron chi connectivity index (χ4n) is 1.27. The Bertz CT molecular complexity index is 225. The van der Waals surface area contributed by atoms with Crippen LogP contribution < -0.4 is 0 Å². The van der Waals surface area contributed by atoms with E-state index >= 15 is 0 Å². The molecule has 0 saturated heterocycles. The number of nitrogens with zero attached hydrogens (tertiary/aromatic N) is 2. The van der Waals surface area contributed by atoms with Crippen LogP contribution in [-0.4, -0.2) is 9.78 Å². The molecule has 61 valence electrons. The summed E-state index contributed by atoms with van der Waals surface area (Å²) in [6.07, 6.45) is 5.29. The van der Waals surface area contributed by atoms with E-state index in [0.717, 1.165) is 13.0 Å². The Balaban J connectivity index is 2.88. The van der Waals surface area contributed by atoms with Gasteiger partial charge < -0.3 is 0 Å². The van der Waals surface area contributed by atoms with E-state index in [1.54, 1.807) is 0 Å². The summed E-state index contributed by atoms with van der Waals surface area (Å²) < 4.78 is 2.03. The van der Waals surface area contributed by atoms with E-state index in [2.05, 4.69) is 32.1 Å². The van der Waals surface area contributed by atoms with Crippen molar-refractivity contribution in [3.63, 3.8) is 0 Å². The fraction of sp³-hybridized carbons (Fsp3) is 0.667. The van der Waals surface area contributed by atoms with Crippen LogP contribution in [0.2, 0.25) is 0 Å². The van der Waals surface area contributed by atoms with Gasteiger partial charge in [0.1, 0.15) is 6.20 Å². The lowest BCUT2D eigenvalue weighted by atomic mass is 10.2. The number of aromatic nitrogens is 2. The van der Waals surface area contributed by atoms with Crippen LogP contribution in [0.25, 0.3) is 0 Å². The largest absolute Gasteiger partial charge is 0.269 e. The molecular weight excluding hydrogens is 136 g/mol. The molecule has 1 heterocycles. The van der Waals surface area contributed by atoms with Crippen LogP contribution in [0.5, 0.6) is 0 Å². The standard InChI is InChI=1S/C9H15N2/c1-4-6-9-8(3)7-10-11(9)5-2/h4-6H2,1-3H3. The molecule has 0 aliphatic heterocycles. The fourth-order valence-corrected chi connectivity index (χ4v) is 1.27. The summed E-state index contributed by atoms with van der Waals surface area (Å²) in [7, 11) is 0. The van der Waals surface area contributed by atoms with E-state index in [1.807, 2.05) is 4.68 Å². The minimum absolute atomic E-state index is 0.958.